The Hall–Kier alpha value is -0.920. The smallest absolute Gasteiger partial charge is 0.150 e. The van der Waals surface area contributed by atoms with Gasteiger partial charge in [-0.2, -0.15) is 0 Å². The summed E-state index contributed by atoms with van der Waals surface area (Å²) in [6.45, 7) is 0.358. The van der Waals surface area contributed by atoms with Crippen molar-refractivity contribution in [2.75, 3.05) is 0 Å². The molecule has 0 spiro atoms. The van der Waals surface area contributed by atoms with E-state index in [1.165, 1.54) is 0 Å². The molecular weight excluding hydrogens is 220 g/mol. The van der Waals surface area contributed by atoms with Gasteiger partial charge in [0, 0.05) is 23.9 Å². The van der Waals surface area contributed by atoms with Gasteiger partial charge in [-0.3, -0.25) is 0 Å². The van der Waals surface area contributed by atoms with E-state index in [9.17, 15) is 0 Å². The summed E-state index contributed by atoms with van der Waals surface area (Å²) in [4.78, 5) is 4.14. The largest absolute Gasteiger partial charge is 0.325 e. The second-order valence-corrected chi connectivity index (χ2v) is 4.57. The molecule has 2 aromatic heterocycles. The molecule has 7 heteroatoms. The van der Waals surface area contributed by atoms with Crippen molar-refractivity contribution in [3.8, 4) is 0 Å². The van der Waals surface area contributed by atoms with Crippen molar-refractivity contribution in [1.29, 1.82) is 0 Å². The van der Waals surface area contributed by atoms with Crippen molar-refractivity contribution in [1.82, 2.24) is 15.3 Å². The van der Waals surface area contributed by atoms with E-state index < -0.39 is 0 Å². The Balaban J connectivity index is 1.98. The molecule has 0 aliphatic carbocycles. The van der Waals surface area contributed by atoms with E-state index >= 15 is 0 Å². The Morgan fingerprint density at radius 3 is 3.00 bits per heavy atom. The normalized spacial score (nSPS) is 10.6. The lowest BCUT2D eigenvalue weighted by atomic mass is 10.3. The van der Waals surface area contributed by atoms with Gasteiger partial charge in [0.15, 0.2) is 0 Å². The summed E-state index contributed by atoms with van der Waals surface area (Å²) in [5, 5.41) is 9.41. The first-order chi connectivity index (χ1) is 6.90. The Bertz CT molecular complexity index is 386. The summed E-state index contributed by atoms with van der Waals surface area (Å²) in [7, 11) is 0. The summed E-state index contributed by atoms with van der Waals surface area (Å²) in [6.07, 6.45) is 1.78. The molecule has 2 N–H and O–H groups in total. The number of hydrogen-bond acceptors (Lipinski definition) is 7. The van der Waals surface area contributed by atoms with Gasteiger partial charge >= 0.3 is 0 Å². The number of rotatable bonds is 4. The van der Waals surface area contributed by atoms with Gasteiger partial charge in [-0.05, 0) is 0 Å². The maximum absolute atomic E-state index is 5.46. The number of nitrogens with two attached hydrogens (primary N) is 1. The molecule has 14 heavy (non-hydrogen) atoms. The molecule has 2 rings (SSSR count). The van der Waals surface area contributed by atoms with Crippen LogP contribution in [0.5, 0.6) is 0 Å². The second-order valence-electron chi connectivity index (χ2n) is 2.45. The highest BCUT2D eigenvalue weighted by atomic mass is 32.2. The van der Waals surface area contributed by atoms with Crippen LogP contribution in [0.25, 0.3) is 0 Å². The van der Waals surface area contributed by atoms with Crippen LogP contribution in [0.1, 0.15) is 11.4 Å². The van der Waals surface area contributed by atoms with Crippen LogP contribution < -0.4 is 5.73 Å². The van der Waals surface area contributed by atoms with Gasteiger partial charge in [0.25, 0.3) is 0 Å². The first-order valence-electron chi connectivity index (χ1n) is 3.93. The molecule has 2 heterocycles. The molecule has 74 valence electrons. The first-order valence-corrected chi connectivity index (χ1v) is 5.79. The molecule has 0 aliphatic rings. The van der Waals surface area contributed by atoms with Gasteiger partial charge in [-0.1, -0.05) is 22.1 Å². The van der Waals surface area contributed by atoms with Crippen LogP contribution in [0.3, 0.4) is 0 Å². The minimum absolute atomic E-state index is 0.358. The number of aromatic nitrogens is 3. The Labute approximate surface area is 88.7 Å². The maximum atomic E-state index is 5.46. The van der Waals surface area contributed by atoms with Crippen molar-refractivity contribution >= 4 is 23.1 Å². The fourth-order valence-corrected chi connectivity index (χ4v) is 2.49. The lowest BCUT2D eigenvalue weighted by Gasteiger charge is -1.93. The van der Waals surface area contributed by atoms with Gasteiger partial charge < -0.3 is 5.73 Å². The Morgan fingerprint density at radius 1 is 1.43 bits per heavy atom. The third-order valence-electron chi connectivity index (χ3n) is 1.57. The fraction of sp³-hybridized carbons (Fsp3) is 0.286. The Kier molecular flexibility index (Phi) is 3.12. The molecule has 0 atom stereocenters. The molecule has 0 unspecified atom stereocenters. The highest BCUT2D eigenvalue weighted by molar-refractivity contribution is 8.00. The van der Waals surface area contributed by atoms with Crippen LogP contribution in [0, 0.1) is 0 Å². The molecule has 0 aliphatic heterocycles. The first kappa shape index (κ1) is 9.63. The van der Waals surface area contributed by atoms with E-state index in [-0.39, 0.29) is 0 Å². The van der Waals surface area contributed by atoms with E-state index in [1.54, 1.807) is 29.3 Å². The number of hydrogen-bond donors (Lipinski definition) is 1. The van der Waals surface area contributed by atoms with E-state index in [0.717, 1.165) is 10.0 Å². The number of nitrogens with zero attached hydrogens (tertiary/aromatic N) is 3. The molecule has 0 bridgehead atoms. The van der Waals surface area contributed by atoms with E-state index in [0.29, 0.717) is 18.0 Å². The lowest BCUT2D eigenvalue weighted by molar-refractivity contribution is 0.301. The summed E-state index contributed by atoms with van der Waals surface area (Å²) < 4.78 is 5.61. The maximum Gasteiger partial charge on any atom is 0.150 e. The van der Waals surface area contributed by atoms with Gasteiger partial charge in [-0.15, -0.1) is 11.3 Å². The van der Waals surface area contributed by atoms with Crippen LogP contribution in [-0.2, 0) is 12.3 Å². The zero-order valence-electron chi connectivity index (χ0n) is 7.21. The predicted octanol–water partition coefficient (Wildman–Crippen LogP) is 1.28. The average Bonchev–Trinajstić information content (AvgIpc) is 2.85. The third-order valence-corrected chi connectivity index (χ3v) is 3.55. The number of thiazole rings is 1. The Morgan fingerprint density at radius 2 is 2.29 bits per heavy atom. The van der Waals surface area contributed by atoms with Crippen molar-refractivity contribution in [3.05, 3.63) is 23.0 Å². The average molecular weight is 228 g/mol. The molecule has 0 fully saturated rings. The van der Waals surface area contributed by atoms with Crippen molar-refractivity contribution in [3.63, 3.8) is 0 Å². The summed E-state index contributed by atoms with van der Waals surface area (Å²) in [5.74, 6) is 0.698. The molecule has 0 radical (unpaired) electrons. The van der Waals surface area contributed by atoms with E-state index in [4.69, 9.17) is 5.73 Å². The van der Waals surface area contributed by atoms with Crippen molar-refractivity contribution in [2.45, 2.75) is 16.6 Å². The highest BCUT2D eigenvalue weighted by Crippen LogP contribution is 2.24. The van der Waals surface area contributed by atoms with E-state index in [2.05, 4.69) is 19.9 Å². The quantitative estimate of drug-likeness (QED) is 0.794. The van der Waals surface area contributed by atoms with Gasteiger partial charge in [0.2, 0.25) is 0 Å². The van der Waals surface area contributed by atoms with Gasteiger partial charge in [-0.25, -0.2) is 9.61 Å². The highest BCUT2D eigenvalue weighted by Gasteiger charge is 2.08. The van der Waals surface area contributed by atoms with E-state index in [1.807, 2.05) is 5.38 Å². The van der Waals surface area contributed by atoms with Crippen molar-refractivity contribution < 1.29 is 4.63 Å². The SMILES string of the molecule is NCc1nonc1CSc1nccs1. The third kappa shape index (κ3) is 2.11. The molecule has 0 saturated carbocycles. The zero-order valence-corrected chi connectivity index (χ0v) is 8.85. The van der Waals surface area contributed by atoms with Crippen molar-refractivity contribution in [2.24, 2.45) is 5.73 Å². The zero-order chi connectivity index (χ0) is 9.80. The standard InChI is InChI=1S/C7H8N4OS2/c8-3-5-6(11-12-10-5)4-14-7-9-1-2-13-7/h1-2H,3-4,8H2. The fourth-order valence-electron chi connectivity index (χ4n) is 0.901. The monoisotopic (exact) mass is 228 g/mol. The van der Waals surface area contributed by atoms with Crippen LogP contribution in [0.15, 0.2) is 20.5 Å². The summed E-state index contributed by atoms with van der Waals surface area (Å²) >= 11 is 3.20. The topological polar surface area (TPSA) is 77.8 Å². The van der Waals surface area contributed by atoms with Crippen LogP contribution >= 0.6 is 23.1 Å². The minimum Gasteiger partial charge on any atom is -0.325 e. The summed E-state index contributed by atoms with van der Waals surface area (Å²) in [6, 6.07) is 0. The molecule has 2 aromatic rings. The minimum atomic E-state index is 0.358. The van der Waals surface area contributed by atoms with Gasteiger partial charge in [0.05, 0.1) is 0 Å². The van der Waals surface area contributed by atoms with Crippen LogP contribution in [-0.4, -0.2) is 15.3 Å². The molecule has 0 aromatic carbocycles. The number of thioether (sulfide) groups is 1. The summed E-state index contributed by atoms with van der Waals surface area (Å²) in [5.41, 5.74) is 6.97. The predicted molar refractivity (Wildman–Crippen MR) is 53.9 cm³/mol. The van der Waals surface area contributed by atoms with Crippen LogP contribution in [0.4, 0.5) is 0 Å². The van der Waals surface area contributed by atoms with Crippen LogP contribution in [0.2, 0.25) is 0 Å². The molecule has 5 nitrogen and oxygen atoms in total. The second kappa shape index (κ2) is 4.54. The molecule has 0 amide bonds. The molecular formula is C7H8N4OS2. The van der Waals surface area contributed by atoms with Gasteiger partial charge in [0.1, 0.15) is 15.7 Å². The molecule has 0 saturated heterocycles. The lowest BCUT2D eigenvalue weighted by Crippen LogP contribution is -2.00.